The highest BCUT2D eigenvalue weighted by molar-refractivity contribution is 5.66. The molecule has 0 spiro atoms. The molecular weight excluding hydrogens is 224 g/mol. The van der Waals surface area contributed by atoms with Crippen LogP contribution in [0.15, 0.2) is 0 Å². The number of aromatic nitrogens is 4. The summed E-state index contributed by atoms with van der Waals surface area (Å²) in [6, 6.07) is 0. The Bertz CT molecular complexity index is 340. The van der Waals surface area contributed by atoms with Gasteiger partial charge in [0.15, 0.2) is 5.82 Å². The molecule has 1 heterocycles. The number of aryl methyl sites for hydroxylation is 1. The van der Waals surface area contributed by atoms with Crippen molar-refractivity contribution in [3.8, 4) is 0 Å². The van der Waals surface area contributed by atoms with Gasteiger partial charge in [0.05, 0.1) is 6.61 Å². The van der Waals surface area contributed by atoms with Crippen LogP contribution in [0.4, 0.5) is 0 Å². The zero-order valence-corrected chi connectivity index (χ0v) is 10.0. The Morgan fingerprint density at radius 3 is 3.00 bits per heavy atom. The van der Waals surface area contributed by atoms with Gasteiger partial charge in [-0.3, -0.25) is 4.79 Å². The number of hydrogen-bond acceptors (Lipinski definition) is 5. The number of hydrogen-bond donors (Lipinski definition) is 1. The Labute approximate surface area is 99.8 Å². The summed E-state index contributed by atoms with van der Waals surface area (Å²) in [6.07, 6.45) is 2.30. The summed E-state index contributed by atoms with van der Waals surface area (Å²) in [5, 5.41) is 19.8. The fourth-order valence-corrected chi connectivity index (χ4v) is 1.37. The Balaban J connectivity index is 2.29. The molecule has 0 fully saturated rings. The summed E-state index contributed by atoms with van der Waals surface area (Å²) in [6.45, 7) is 3.91. The largest absolute Gasteiger partial charge is 0.481 e. The van der Waals surface area contributed by atoms with E-state index >= 15 is 0 Å². The Morgan fingerprint density at radius 2 is 2.29 bits per heavy atom. The minimum atomic E-state index is -0.800. The third-order valence-electron chi connectivity index (χ3n) is 2.19. The number of carboxylic acid groups (broad SMARTS) is 1. The minimum absolute atomic E-state index is 0.131. The van der Waals surface area contributed by atoms with Crippen LogP contribution in [0.25, 0.3) is 0 Å². The van der Waals surface area contributed by atoms with Gasteiger partial charge in [0.25, 0.3) is 0 Å². The highest BCUT2D eigenvalue weighted by atomic mass is 16.5. The van der Waals surface area contributed by atoms with E-state index in [-0.39, 0.29) is 6.42 Å². The van der Waals surface area contributed by atoms with Crippen molar-refractivity contribution in [2.75, 3.05) is 13.2 Å². The molecule has 0 saturated heterocycles. The van der Waals surface area contributed by atoms with Crippen molar-refractivity contribution < 1.29 is 14.6 Å². The lowest BCUT2D eigenvalue weighted by molar-refractivity contribution is -0.137. The first-order valence-corrected chi connectivity index (χ1v) is 5.78. The van der Waals surface area contributed by atoms with E-state index in [2.05, 4.69) is 22.4 Å². The molecule has 7 nitrogen and oxygen atoms in total. The van der Waals surface area contributed by atoms with E-state index in [1.54, 1.807) is 4.68 Å². The van der Waals surface area contributed by atoms with Crippen LogP contribution in [0.5, 0.6) is 0 Å². The fourth-order valence-electron chi connectivity index (χ4n) is 1.37. The molecule has 0 aromatic carbocycles. The summed E-state index contributed by atoms with van der Waals surface area (Å²) >= 11 is 0. The lowest BCUT2D eigenvalue weighted by Gasteiger charge is -2.04. The smallest absolute Gasteiger partial charge is 0.303 e. The molecule has 1 aromatic rings. The maximum atomic E-state index is 10.4. The molecule has 0 aliphatic carbocycles. The standard InChI is InChI=1S/C10H18N4O3/c1-2-7-17-8-5-9-11-12-13-14(9)6-3-4-10(15)16/h2-8H2,1H3,(H,15,16). The average Bonchev–Trinajstić information content (AvgIpc) is 2.72. The first-order valence-electron chi connectivity index (χ1n) is 5.78. The van der Waals surface area contributed by atoms with Gasteiger partial charge in [0.1, 0.15) is 0 Å². The van der Waals surface area contributed by atoms with Crippen molar-refractivity contribution in [3.05, 3.63) is 5.82 Å². The van der Waals surface area contributed by atoms with Crippen molar-refractivity contribution >= 4 is 5.97 Å². The van der Waals surface area contributed by atoms with Crippen molar-refractivity contribution in [1.29, 1.82) is 0 Å². The van der Waals surface area contributed by atoms with Crippen LogP contribution in [-0.2, 0) is 22.5 Å². The quantitative estimate of drug-likeness (QED) is 0.634. The Hall–Kier alpha value is -1.50. The van der Waals surface area contributed by atoms with Crippen LogP contribution in [0, 0.1) is 0 Å². The van der Waals surface area contributed by atoms with Gasteiger partial charge in [0, 0.05) is 26.0 Å². The molecular formula is C10H18N4O3. The maximum Gasteiger partial charge on any atom is 0.303 e. The SMILES string of the molecule is CCCOCCc1nnnn1CCCC(=O)O. The number of carboxylic acids is 1. The normalized spacial score (nSPS) is 10.6. The zero-order chi connectivity index (χ0) is 12.5. The van der Waals surface area contributed by atoms with Gasteiger partial charge >= 0.3 is 5.97 Å². The van der Waals surface area contributed by atoms with Gasteiger partial charge in [-0.15, -0.1) is 5.10 Å². The summed E-state index contributed by atoms with van der Waals surface area (Å²) in [5.41, 5.74) is 0. The molecule has 17 heavy (non-hydrogen) atoms. The predicted octanol–water partition coefficient (Wildman–Crippen LogP) is 0.507. The number of nitrogens with zero attached hydrogens (tertiary/aromatic N) is 4. The highest BCUT2D eigenvalue weighted by Gasteiger charge is 2.06. The zero-order valence-electron chi connectivity index (χ0n) is 10.0. The summed E-state index contributed by atoms with van der Waals surface area (Å²) in [7, 11) is 0. The summed E-state index contributed by atoms with van der Waals surface area (Å²) in [5.74, 6) is -0.0580. The molecule has 0 saturated carbocycles. The molecule has 0 atom stereocenters. The van der Waals surface area contributed by atoms with E-state index in [4.69, 9.17) is 9.84 Å². The van der Waals surface area contributed by atoms with Gasteiger partial charge in [-0.2, -0.15) is 0 Å². The van der Waals surface area contributed by atoms with Crippen LogP contribution in [-0.4, -0.2) is 44.5 Å². The predicted molar refractivity (Wildman–Crippen MR) is 59.5 cm³/mol. The number of ether oxygens (including phenoxy) is 1. The number of aliphatic carboxylic acids is 1. The first kappa shape index (κ1) is 13.6. The van der Waals surface area contributed by atoms with Crippen molar-refractivity contribution in [2.45, 2.75) is 39.2 Å². The van der Waals surface area contributed by atoms with Crippen molar-refractivity contribution in [3.63, 3.8) is 0 Å². The Kier molecular flexibility index (Phi) is 6.16. The molecule has 0 radical (unpaired) electrons. The molecule has 0 amide bonds. The second-order valence-electron chi connectivity index (χ2n) is 3.68. The summed E-state index contributed by atoms with van der Waals surface area (Å²) in [4.78, 5) is 10.4. The van der Waals surface area contributed by atoms with Gasteiger partial charge in [-0.1, -0.05) is 6.92 Å². The first-order chi connectivity index (χ1) is 8.24. The Morgan fingerprint density at radius 1 is 1.47 bits per heavy atom. The number of rotatable bonds is 9. The number of tetrazole rings is 1. The monoisotopic (exact) mass is 242 g/mol. The van der Waals surface area contributed by atoms with E-state index in [0.29, 0.717) is 26.0 Å². The van der Waals surface area contributed by atoms with Gasteiger partial charge in [-0.05, 0) is 23.3 Å². The molecule has 0 unspecified atom stereocenters. The van der Waals surface area contributed by atoms with Gasteiger partial charge < -0.3 is 9.84 Å². The van der Waals surface area contributed by atoms with Crippen LogP contribution >= 0.6 is 0 Å². The van der Waals surface area contributed by atoms with E-state index in [1.807, 2.05) is 0 Å². The average molecular weight is 242 g/mol. The van der Waals surface area contributed by atoms with Gasteiger partial charge in [0.2, 0.25) is 0 Å². The molecule has 96 valence electrons. The van der Waals surface area contributed by atoms with Crippen LogP contribution in [0.1, 0.15) is 32.0 Å². The van der Waals surface area contributed by atoms with Crippen LogP contribution < -0.4 is 0 Å². The van der Waals surface area contributed by atoms with Gasteiger partial charge in [-0.25, -0.2) is 4.68 Å². The fraction of sp³-hybridized carbons (Fsp3) is 0.800. The van der Waals surface area contributed by atoms with E-state index in [9.17, 15) is 4.79 Å². The highest BCUT2D eigenvalue weighted by Crippen LogP contribution is 1.99. The van der Waals surface area contributed by atoms with E-state index in [1.165, 1.54) is 0 Å². The molecule has 0 bridgehead atoms. The maximum absolute atomic E-state index is 10.4. The van der Waals surface area contributed by atoms with Crippen molar-refractivity contribution in [1.82, 2.24) is 20.2 Å². The molecule has 0 aliphatic heterocycles. The van der Waals surface area contributed by atoms with Crippen molar-refractivity contribution in [2.24, 2.45) is 0 Å². The molecule has 1 N–H and O–H groups in total. The third-order valence-corrected chi connectivity index (χ3v) is 2.19. The molecule has 0 aliphatic rings. The number of carbonyl (C=O) groups is 1. The van der Waals surface area contributed by atoms with Crippen LogP contribution in [0.3, 0.4) is 0 Å². The second-order valence-corrected chi connectivity index (χ2v) is 3.68. The molecule has 1 aromatic heterocycles. The van der Waals surface area contributed by atoms with E-state index < -0.39 is 5.97 Å². The topological polar surface area (TPSA) is 90.1 Å². The molecule has 7 heteroatoms. The van der Waals surface area contributed by atoms with Crippen LogP contribution in [0.2, 0.25) is 0 Å². The lowest BCUT2D eigenvalue weighted by Crippen LogP contribution is -2.10. The third kappa shape index (κ3) is 5.39. The molecule has 1 rings (SSSR count). The second kappa shape index (κ2) is 7.72. The lowest BCUT2D eigenvalue weighted by atomic mass is 10.3. The minimum Gasteiger partial charge on any atom is -0.481 e. The summed E-state index contributed by atoms with van der Waals surface area (Å²) < 4.78 is 6.99. The van der Waals surface area contributed by atoms with E-state index in [0.717, 1.165) is 18.9 Å².